The molecule has 0 saturated heterocycles. The molecule has 5 nitrogen and oxygen atoms in total. The van der Waals surface area contributed by atoms with E-state index in [0.717, 1.165) is 5.56 Å². The number of halogens is 1. The van der Waals surface area contributed by atoms with Gasteiger partial charge in [-0.25, -0.2) is 13.4 Å². The van der Waals surface area contributed by atoms with Gasteiger partial charge in [0.15, 0.2) is 0 Å². The Hall–Kier alpha value is -1.63. The number of sulfonamides is 1. The van der Waals surface area contributed by atoms with Crippen molar-refractivity contribution in [3.63, 3.8) is 0 Å². The molecule has 7 heteroatoms. The maximum atomic E-state index is 12.6. The molecule has 112 valence electrons. The predicted octanol–water partition coefficient (Wildman–Crippen LogP) is 2.53. The third kappa shape index (κ3) is 3.53. The van der Waals surface area contributed by atoms with E-state index < -0.39 is 10.0 Å². The molecule has 0 bridgehead atoms. The number of nitrogens with zero attached hydrogens (tertiary/aromatic N) is 2. The van der Waals surface area contributed by atoms with Gasteiger partial charge in [0.05, 0.1) is 5.02 Å². The molecule has 0 aliphatic carbocycles. The Morgan fingerprint density at radius 1 is 1.29 bits per heavy atom. The van der Waals surface area contributed by atoms with Gasteiger partial charge in [0, 0.05) is 19.3 Å². The Labute approximate surface area is 129 Å². The fourth-order valence-electron chi connectivity index (χ4n) is 1.87. The van der Waals surface area contributed by atoms with Crippen LogP contribution in [0.5, 0.6) is 0 Å². The molecule has 0 unspecified atom stereocenters. The maximum absolute atomic E-state index is 12.6. The summed E-state index contributed by atoms with van der Waals surface area (Å²) in [4.78, 5) is 3.85. The summed E-state index contributed by atoms with van der Waals surface area (Å²) in [7, 11) is -3.66. The second kappa shape index (κ2) is 6.43. The lowest BCUT2D eigenvalue weighted by Gasteiger charge is -2.20. The summed E-state index contributed by atoms with van der Waals surface area (Å²) in [5, 5.41) is 0.131. The Bertz CT molecular complexity index is 720. The highest BCUT2D eigenvalue weighted by Crippen LogP contribution is 2.23. The molecule has 0 aliphatic heterocycles. The SMILES string of the molecule is CCN(Cc1ccccc1)S(=O)(=O)c1cnc(N)c(Cl)c1. The van der Waals surface area contributed by atoms with Crippen LogP contribution in [0.25, 0.3) is 0 Å². The molecule has 0 amide bonds. The fraction of sp³-hybridized carbons (Fsp3) is 0.214. The topological polar surface area (TPSA) is 76.3 Å². The Kier molecular flexibility index (Phi) is 4.82. The van der Waals surface area contributed by atoms with Gasteiger partial charge in [-0.2, -0.15) is 4.31 Å². The number of nitrogen functional groups attached to an aromatic ring is 1. The van der Waals surface area contributed by atoms with Crippen molar-refractivity contribution in [2.24, 2.45) is 0 Å². The Morgan fingerprint density at radius 2 is 1.95 bits per heavy atom. The first-order chi connectivity index (χ1) is 9.95. The third-order valence-corrected chi connectivity index (χ3v) is 5.23. The van der Waals surface area contributed by atoms with Crippen LogP contribution in [0.15, 0.2) is 47.5 Å². The molecule has 0 spiro atoms. The standard InChI is InChI=1S/C14H16ClN3O2S/c1-2-18(10-11-6-4-3-5-7-11)21(19,20)12-8-13(15)14(16)17-9-12/h3-9H,2,10H2,1H3,(H2,16,17). The first kappa shape index (κ1) is 15.8. The lowest BCUT2D eigenvalue weighted by Crippen LogP contribution is -2.30. The quantitative estimate of drug-likeness (QED) is 0.916. The second-order valence-electron chi connectivity index (χ2n) is 4.45. The highest BCUT2D eigenvalue weighted by Gasteiger charge is 2.24. The van der Waals surface area contributed by atoms with E-state index >= 15 is 0 Å². The van der Waals surface area contributed by atoms with Gasteiger partial charge in [-0.05, 0) is 11.6 Å². The Morgan fingerprint density at radius 3 is 2.52 bits per heavy atom. The minimum Gasteiger partial charge on any atom is -0.382 e. The van der Waals surface area contributed by atoms with Gasteiger partial charge in [-0.1, -0.05) is 48.9 Å². The van der Waals surface area contributed by atoms with E-state index in [4.69, 9.17) is 17.3 Å². The average molecular weight is 326 g/mol. The van der Waals surface area contributed by atoms with Crippen molar-refractivity contribution < 1.29 is 8.42 Å². The summed E-state index contributed by atoms with van der Waals surface area (Å²) in [5.41, 5.74) is 6.43. The average Bonchev–Trinajstić information content (AvgIpc) is 2.48. The number of pyridine rings is 1. The van der Waals surface area contributed by atoms with Crippen LogP contribution in [-0.4, -0.2) is 24.3 Å². The second-order valence-corrected chi connectivity index (χ2v) is 6.80. The lowest BCUT2D eigenvalue weighted by atomic mass is 10.2. The molecule has 2 N–H and O–H groups in total. The van der Waals surface area contributed by atoms with Gasteiger partial charge in [0.1, 0.15) is 10.7 Å². The minimum absolute atomic E-state index is 0.0412. The van der Waals surface area contributed by atoms with Crippen LogP contribution in [0.2, 0.25) is 5.02 Å². The normalized spacial score (nSPS) is 11.8. The number of aromatic nitrogens is 1. The molecular weight excluding hydrogens is 310 g/mol. The number of anilines is 1. The molecule has 1 aromatic heterocycles. The minimum atomic E-state index is -3.66. The number of hydrogen-bond acceptors (Lipinski definition) is 4. The van der Waals surface area contributed by atoms with Gasteiger partial charge < -0.3 is 5.73 Å². The zero-order valence-corrected chi connectivity index (χ0v) is 13.1. The van der Waals surface area contributed by atoms with Crippen molar-refractivity contribution >= 4 is 27.4 Å². The van der Waals surface area contributed by atoms with Crippen LogP contribution in [0, 0.1) is 0 Å². The molecule has 21 heavy (non-hydrogen) atoms. The Balaban J connectivity index is 2.33. The summed E-state index contributed by atoms with van der Waals surface area (Å²) in [6.07, 6.45) is 1.23. The fourth-order valence-corrected chi connectivity index (χ4v) is 3.52. The zero-order chi connectivity index (χ0) is 15.5. The van der Waals surface area contributed by atoms with Crippen molar-refractivity contribution in [1.82, 2.24) is 9.29 Å². The van der Waals surface area contributed by atoms with Gasteiger partial charge in [0.25, 0.3) is 0 Å². The van der Waals surface area contributed by atoms with E-state index in [9.17, 15) is 8.42 Å². The van der Waals surface area contributed by atoms with E-state index in [1.807, 2.05) is 30.3 Å². The molecule has 2 aromatic rings. The zero-order valence-electron chi connectivity index (χ0n) is 11.5. The van der Waals surface area contributed by atoms with Gasteiger partial charge in [-0.3, -0.25) is 0 Å². The van der Waals surface area contributed by atoms with E-state index in [1.54, 1.807) is 6.92 Å². The highest BCUT2D eigenvalue weighted by molar-refractivity contribution is 7.89. The molecule has 2 rings (SSSR count). The number of benzene rings is 1. The summed E-state index contributed by atoms with van der Waals surface area (Å²) in [6.45, 7) is 2.42. The largest absolute Gasteiger partial charge is 0.382 e. The van der Waals surface area contributed by atoms with Crippen LogP contribution < -0.4 is 5.73 Å². The van der Waals surface area contributed by atoms with E-state index in [2.05, 4.69) is 4.98 Å². The van der Waals surface area contributed by atoms with Gasteiger partial charge in [-0.15, -0.1) is 0 Å². The van der Waals surface area contributed by atoms with Crippen LogP contribution in [0.1, 0.15) is 12.5 Å². The van der Waals surface area contributed by atoms with Crippen LogP contribution in [0.4, 0.5) is 5.82 Å². The summed E-state index contributed by atoms with van der Waals surface area (Å²) in [5.74, 6) is 0.113. The van der Waals surface area contributed by atoms with E-state index in [-0.39, 0.29) is 15.7 Å². The molecule has 0 saturated carbocycles. The van der Waals surface area contributed by atoms with E-state index in [1.165, 1.54) is 16.6 Å². The van der Waals surface area contributed by atoms with E-state index in [0.29, 0.717) is 13.1 Å². The number of rotatable bonds is 5. The monoisotopic (exact) mass is 325 g/mol. The third-order valence-electron chi connectivity index (χ3n) is 3.04. The number of hydrogen-bond donors (Lipinski definition) is 1. The molecule has 0 atom stereocenters. The molecule has 0 radical (unpaired) electrons. The van der Waals surface area contributed by atoms with Crippen molar-refractivity contribution in [2.75, 3.05) is 12.3 Å². The van der Waals surface area contributed by atoms with Crippen LogP contribution in [0.3, 0.4) is 0 Å². The van der Waals surface area contributed by atoms with Crippen molar-refractivity contribution in [3.8, 4) is 0 Å². The highest BCUT2D eigenvalue weighted by atomic mass is 35.5. The predicted molar refractivity (Wildman–Crippen MR) is 83.4 cm³/mol. The van der Waals surface area contributed by atoms with Crippen molar-refractivity contribution in [3.05, 3.63) is 53.2 Å². The number of nitrogens with two attached hydrogens (primary N) is 1. The summed E-state index contributed by atoms with van der Waals surface area (Å²) >= 11 is 5.86. The molecule has 1 aromatic carbocycles. The van der Waals surface area contributed by atoms with Gasteiger partial charge >= 0.3 is 0 Å². The maximum Gasteiger partial charge on any atom is 0.244 e. The summed E-state index contributed by atoms with van der Waals surface area (Å²) in [6, 6.07) is 10.7. The van der Waals surface area contributed by atoms with Crippen molar-refractivity contribution in [1.29, 1.82) is 0 Å². The van der Waals surface area contributed by atoms with Crippen molar-refractivity contribution in [2.45, 2.75) is 18.4 Å². The van der Waals surface area contributed by atoms with Crippen LogP contribution >= 0.6 is 11.6 Å². The first-order valence-electron chi connectivity index (χ1n) is 6.40. The summed E-state index contributed by atoms with van der Waals surface area (Å²) < 4.78 is 26.6. The molecule has 0 aliphatic rings. The van der Waals surface area contributed by atoms with Crippen LogP contribution in [-0.2, 0) is 16.6 Å². The van der Waals surface area contributed by atoms with Gasteiger partial charge in [0.2, 0.25) is 10.0 Å². The lowest BCUT2D eigenvalue weighted by molar-refractivity contribution is 0.423. The molecule has 0 fully saturated rings. The smallest absolute Gasteiger partial charge is 0.244 e. The molecule has 1 heterocycles. The first-order valence-corrected chi connectivity index (χ1v) is 8.22. The molecular formula is C14H16ClN3O2S.